The van der Waals surface area contributed by atoms with Crippen LogP contribution >= 0.6 is 11.6 Å². The molecule has 0 fully saturated rings. The van der Waals surface area contributed by atoms with Crippen LogP contribution in [0, 0.1) is 11.7 Å². The number of H-pyrrole nitrogens is 1. The van der Waals surface area contributed by atoms with Gasteiger partial charge in [0.15, 0.2) is 5.78 Å². The summed E-state index contributed by atoms with van der Waals surface area (Å²) in [5.74, 6) is -1.36. The van der Waals surface area contributed by atoms with Crippen LogP contribution in [0.5, 0.6) is 0 Å². The van der Waals surface area contributed by atoms with Crippen LogP contribution in [0.3, 0.4) is 0 Å². The molecule has 1 N–H and O–H groups in total. The molecule has 0 saturated carbocycles. The summed E-state index contributed by atoms with van der Waals surface area (Å²) in [6.45, 7) is 3.10. The first-order valence-corrected chi connectivity index (χ1v) is 13.3. The first-order chi connectivity index (χ1) is 17.6. The average Bonchev–Trinajstić information content (AvgIpc) is 3.21. The minimum Gasteiger partial charge on any atom is -0.292 e. The lowest BCUT2D eigenvalue weighted by Crippen LogP contribution is -2.39. The number of hydrogen-bond acceptors (Lipinski definition) is 4. The minimum absolute atomic E-state index is 0.0297. The summed E-state index contributed by atoms with van der Waals surface area (Å²) in [6, 6.07) is 19.7. The Morgan fingerprint density at radius 3 is 2.22 bits per heavy atom. The zero-order valence-electron chi connectivity index (χ0n) is 20.2. The highest BCUT2D eigenvalue weighted by molar-refractivity contribution is 7.89. The Balaban J connectivity index is 1.80. The summed E-state index contributed by atoms with van der Waals surface area (Å²) < 4.78 is 42.5. The quantitative estimate of drug-likeness (QED) is 0.296. The Morgan fingerprint density at radius 2 is 1.62 bits per heavy atom. The molecule has 1 aromatic heterocycles. The third-order valence-corrected chi connectivity index (χ3v) is 7.73. The van der Waals surface area contributed by atoms with Gasteiger partial charge in [-0.25, -0.2) is 17.5 Å². The van der Waals surface area contributed by atoms with Crippen molar-refractivity contribution in [3.8, 4) is 16.9 Å². The van der Waals surface area contributed by atoms with Crippen LogP contribution in [0.1, 0.15) is 24.2 Å². The Hall–Kier alpha value is -3.53. The standard InChI is InChI=1S/C27H25ClFN3O4S/c1-18(2)16-31(37(35,36)23-14-10-21(29)11-15-23)17-24(33)25-26(19-6-4-3-5-7-19)30-32(27(25)34)22-12-8-20(28)9-13-22/h3-15,18,30H,16-17H2,1-2H3. The number of ketones is 1. The van der Waals surface area contributed by atoms with Gasteiger partial charge in [0.1, 0.15) is 11.4 Å². The summed E-state index contributed by atoms with van der Waals surface area (Å²) >= 11 is 5.99. The number of carbonyl (C=O) groups is 1. The van der Waals surface area contributed by atoms with E-state index in [9.17, 15) is 22.4 Å². The zero-order chi connectivity index (χ0) is 26.7. The SMILES string of the molecule is CC(C)CN(CC(=O)c1c(-c2ccccc2)[nH]n(-c2ccc(Cl)cc2)c1=O)S(=O)(=O)c1ccc(F)cc1. The predicted molar refractivity (Wildman–Crippen MR) is 141 cm³/mol. The van der Waals surface area contributed by atoms with Gasteiger partial charge in [-0.05, 0) is 54.4 Å². The van der Waals surface area contributed by atoms with Gasteiger partial charge < -0.3 is 0 Å². The maximum Gasteiger partial charge on any atom is 0.282 e. The molecule has 0 spiro atoms. The highest BCUT2D eigenvalue weighted by Gasteiger charge is 2.31. The Kier molecular flexibility index (Phi) is 7.77. The molecule has 0 unspecified atom stereocenters. The largest absolute Gasteiger partial charge is 0.292 e. The summed E-state index contributed by atoms with van der Waals surface area (Å²) in [5.41, 5.74) is 0.546. The average molecular weight is 542 g/mol. The van der Waals surface area contributed by atoms with Crippen molar-refractivity contribution in [3.63, 3.8) is 0 Å². The molecule has 192 valence electrons. The predicted octanol–water partition coefficient (Wildman–Crippen LogP) is 5.15. The van der Waals surface area contributed by atoms with E-state index in [1.54, 1.807) is 54.6 Å². The number of carbonyl (C=O) groups excluding carboxylic acids is 1. The minimum atomic E-state index is -4.14. The fraction of sp³-hybridized carbons (Fsp3) is 0.185. The third kappa shape index (κ3) is 5.74. The molecule has 0 amide bonds. The molecule has 0 aliphatic rings. The Labute approximate surface area is 219 Å². The van der Waals surface area contributed by atoms with Crippen LogP contribution in [0.25, 0.3) is 16.9 Å². The molecule has 10 heteroatoms. The topological polar surface area (TPSA) is 92.2 Å². The van der Waals surface area contributed by atoms with Crippen molar-refractivity contribution in [2.75, 3.05) is 13.1 Å². The second kappa shape index (κ2) is 10.8. The van der Waals surface area contributed by atoms with E-state index in [0.717, 1.165) is 28.6 Å². The first-order valence-electron chi connectivity index (χ1n) is 11.5. The van der Waals surface area contributed by atoms with Gasteiger partial charge >= 0.3 is 0 Å². The first kappa shape index (κ1) is 26.5. The lowest BCUT2D eigenvalue weighted by atomic mass is 10.0. The van der Waals surface area contributed by atoms with Crippen molar-refractivity contribution in [3.05, 3.63) is 106 Å². The van der Waals surface area contributed by atoms with Gasteiger partial charge in [0.05, 0.1) is 22.8 Å². The molecular weight excluding hydrogens is 517 g/mol. The number of halogens is 2. The molecule has 0 bridgehead atoms. The van der Waals surface area contributed by atoms with Crippen molar-refractivity contribution >= 4 is 27.4 Å². The molecule has 7 nitrogen and oxygen atoms in total. The maximum atomic E-state index is 13.7. The van der Waals surface area contributed by atoms with E-state index < -0.39 is 33.7 Å². The number of nitrogens with one attached hydrogen (secondary N) is 1. The van der Waals surface area contributed by atoms with Crippen molar-refractivity contribution in [2.45, 2.75) is 18.7 Å². The number of Topliss-reactive ketones (excluding diaryl/α,β-unsaturated/α-hetero) is 1. The Morgan fingerprint density at radius 1 is 1.00 bits per heavy atom. The normalized spacial score (nSPS) is 11.8. The number of nitrogens with zero attached hydrogens (tertiary/aromatic N) is 2. The van der Waals surface area contributed by atoms with Crippen LogP contribution in [0.2, 0.25) is 5.02 Å². The van der Waals surface area contributed by atoms with Crippen molar-refractivity contribution in [1.82, 2.24) is 14.1 Å². The number of aromatic amines is 1. The van der Waals surface area contributed by atoms with E-state index in [2.05, 4.69) is 5.10 Å². The molecule has 37 heavy (non-hydrogen) atoms. The summed E-state index contributed by atoms with van der Waals surface area (Å²) in [6.07, 6.45) is 0. The second-order valence-electron chi connectivity index (χ2n) is 8.91. The van der Waals surface area contributed by atoms with Crippen molar-refractivity contribution in [2.24, 2.45) is 5.92 Å². The number of sulfonamides is 1. The van der Waals surface area contributed by atoms with Gasteiger partial charge in [-0.1, -0.05) is 55.8 Å². The summed E-state index contributed by atoms with van der Waals surface area (Å²) in [5, 5.41) is 3.49. The van der Waals surface area contributed by atoms with E-state index in [1.807, 2.05) is 13.8 Å². The second-order valence-corrected chi connectivity index (χ2v) is 11.3. The van der Waals surface area contributed by atoms with E-state index in [-0.39, 0.29) is 28.6 Å². The van der Waals surface area contributed by atoms with Crippen molar-refractivity contribution < 1.29 is 17.6 Å². The number of benzene rings is 3. The van der Waals surface area contributed by atoms with Gasteiger partial charge in [0, 0.05) is 17.1 Å². The van der Waals surface area contributed by atoms with Crippen LogP contribution in [0.15, 0.2) is 88.6 Å². The maximum absolute atomic E-state index is 13.7. The van der Waals surface area contributed by atoms with Gasteiger partial charge in [0.25, 0.3) is 5.56 Å². The fourth-order valence-corrected chi connectivity index (χ4v) is 5.62. The number of hydrogen-bond donors (Lipinski definition) is 1. The van der Waals surface area contributed by atoms with Gasteiger partial charge in [-0.3, -0.25) is 14.7 Å². The molecular formula is C27H25ClFN3O4S. The van der Waals surface area contributed by atoms with E-state index in [0.29, 0.717) is 16.3 Å². The van der Waals surface area contributed by atoms with Crippen LogP contribution in [-0.2, 0) is 10.0 Å². The molecule has 1 heterocycles. The molecule has 0 saturated heterocycles. The van der Waals surface area contributed by atoms with Gasteiger partial charge in [-0.15, -0.1) is 0 Å². The highest BCUT2D eigenvalue weighted by atomic mass is 35.5. The smallest absolute Gasteiger partial charge is 0.282 e. The molecule has 0 aliphatic carbocycles. The molecule has 4 aromatic rings. The lowest BCUT2D eigenvalue weighted by molar-refractivity contribution is 0.0963. The molecule has 0 radical (unpaired) electrons. The van der Waals surface area contributed by atoms with Crippen LogP contribution < -0.4 is 5.56 Å². The van der Waals surface area contributed by atoms with Crippen LogP contribution in [0.4, 0.5) is 4.39 Å². The summed E-state index contributed by atoms with van der Waals surface area (Å²) in [7, 11) is -4.14. The number of aromatic nitrogens is 2. The lowest BCUT2D eigenvalue weighted by Gasteiger charge is -2.23. The van der Waals surface area contributed by atoms with Gasteiger partial charge in [-0.2, -0.15) is 4.31 Å². The third-order valence-electron chi connectivity index (χ3n) is 5.66. The fourth-order valence-electron chi connectivity index (χ4n) is 3.93. The molecule has 0 atom stereocenters. The van der Waals surface area contributed by atoms with E-state index in [1.165, 1.54) is 4.68 Å². The zero-order valence-corrected chi connectivity index (χ0v) is 21.8. The van der Waals surface area contributed by atoms with E-state index in [4.69, 9.17) is 11.6 Å². The highest BCUT2D eigenvalue weighted by Crippen LogP contribution is 2.24. The van der Waals surface area contributed by atoms with E-state index >= 15 is 0 Å². The monoisotopic (exact) mass is 541 g/mol. The van der Waals surface area contributed by atoms with Gasteiger partial charge in [0.2, 0.25) is 10.0 Å². The molecule has 4 rings (SSSR count). The number of rotatable bonds is 9. The molecule has 0 aliphatic heterocycles. The Bertz CT molecular complexity index is 1560. The van der Waals surface area contributed by atoms with Crippen LogP contribution in [-0.4, -0.2) is 41.4 Å². The summed E-state index contributed by atoms with van der Waals surface area (Å²) in [4.78, 5) is 27.0. The molecule has 3 aromatic carbocycles. The van der Waals surface area contributed by atoms with Crippen molar-refractivity contribution in [1.29, 1.82) is 0 Å².